The Morgan fingerprint density at radius 3 is 1.89 bits per heavy atom. The molecule has 12 heteroatoms. The summed E-state index contributed by atoms with van der Waals surface area (Å²) in [7, 11) is -10.5. The van der Waals surface area contributed by atoms with Gasteiger partial charge in [-0.1, -0.05) is 0 Å². The summed E-state index contributed by atoms with van der Waals surface area (Å²) < 4.78 is 61.1. The second kappa shape index (κ2) is 4.16. The van der Waals surface area contributed by atoms with Crippen molar-refractivity contribution >= 4 is 25.9 Å². The maximum atomic E-state index is 10.9. The molecule has 0 aliphatic carbocycles. The first-order valence-corrected chi connectivity index (χ1v) is 6.79. The number of phenolic OH excluding ortho intramolecular Hbond substituents is 1. The summed E-state index contributed by atoms with van der Waals surface area (Å²) >= 11 is 0. The Balaban J connectivity index is 4.03. The van der Waals surface area contributed by atoms with Gasteiger partial charge in [-0.3, -0.25) is 19.2 Å². The molecule has 0 aliphatic heterocycles. The topological polar surface area (TPSA) is 172 Å². The monoisotopic (exact) mass is 299 g/mol. The first-order valence-electron chi connectivity index (χ1n) is 3.91. The summed E-state index contributed by atoms with van der Waals surface area (Å²) in [5.41, 5.74) is -1.55. The molecule has 18 heavy (non-hydrogen) atoms. The van der Waals surface area contributed by atoms with Crippen LogP contribution in [-0.4, -0.2) is 36.0 Å². The molecule has 3 N–H and O–H groups in total. The average Bonchev–Trinajstić information content (AvgIpc) is 2.12. The van der Waals surface area contributed by atoms with Crippen molar-refractivity contribution < 1.29 is 36.0 Å². The number of benzene rings is 1. The lowest BCUT2D eigenvalue weighted by molar-refractivity contribution is -0.389. The van der Waals surface area contributed by atoms with Crippen molar-refractivity contribution in [1.82, 2.24) is 0 Å². The van der Waals surface area contributed by atoms with Gasteiger partial charge in [0.1, 0.15) is 4.90 Å². The van der Waals surface area contributed by atoms with Crippen LogP contribution in [0.3, 0.4) is 0 Å². The number of aromatic hydroxyl groups is 1. The first-order chi connectivity index (χ1) is 7.96. The summed E-state index contributed by atoms with van der Waals surface area (Å²) in [6, 6.07) is 0.899. The molecule has 1 aromatic carbocycles. The quantitative estimate of drug-likeness (QED) is 0.387. The normalized spacial score (nSPS) is 12.3. The average molecular weight is 299 g/mol. The largest absolute Gasteiger partial charge is 0.502 e. The van der Waals surface area contributed by atoms with Crippen LogP contribution in [0.15, 0.2) is 21.9 Å². The molecule has 0 amide bonds. The summed E-state index contributed by atoms with van der Waals surface area (Å²) in [6.07, 6.45) is 0. The fourth-order valence-electron chi connectivity index (χ4n) is 1.17. The second-order valence-electron chi connectivity index (χ2n) is 2.97. The van der Waals surface area contributed by atoms with Crippen LogP contribution in [0.25, 0.3) is 0 Å². The maximum Gasteiger partial charge on any atom is 0.333 e. The highest BCUT2D eigenvalue weighted by Gasteiger charge is 2.36. The van der Waals surface area contributed by atoms with Crippen molar-refractivity contribution in [3.8, 4) is 5.75 Å². The highest BCUT2D eigenvalue weighted by atomic mass is 32.2. The molecule has 0 fully saturated rings. The highest BCUT2D eigenvalue weighted by molar-refractivity contribution is 7.89. The Morgan fingerprint density at radius 1 is 1.06 bits per heavy atom. The zero-order valence-corrected chi connectivity index (χ0v) is 9.84. The van der Waals surface area contributed by atoms with E-state index in [9.17, 15) is 26.9 Å². The lowest BCUT2D eigenvalue weighted by Crippen LogP contribution is -2.11. The summed E-state index contributed by atoms with van der Waals surface area (Å²) in [6.45, 7) is 0. The molecule has 0 bridgehead atoms. The van der Waals surface area contributed by atoms with Gasteiger partial charge in [-0.15, -0.1) is 0 Å². The Hall–Kier alpha value is -1.76. The number of nitro groups is 1. The number of hydrogen-bond acceptors (Lipinski definition) is 7. The molecule has 0 aromatic heterocycles. The number of phenols is 1. The number of rotatable bonds is 3. The minimum atomic E-state index is -5.36. The van der Waals surface area contributed by atoms with Gasteiger partial charge in [0, 0.05) is 0 Å². The Kier molecular flexibility index (Phi) is 3.31. The predicted octanol–water partition coefficient (Wildman–Crippen LogP) is -0.206. The van der Waals surface area contributed by atoms with Crippen LogP contribution >= 0.6 is 0 Å². The second-order valence-corrected chi connectivity index (χ2v) is 5.72. The molecule has 0 spiro atoms. The van der Waals surface area contributed by atoms with E-state index in [2.05, 4.69) is 0 Å². The van der Waals surface area contributed by atoms with Crippen LogP contribution in [0.4, 0.5) is 5.69 Å². The van der Waals surface area contributed by atoms with E-state index in [0.717, 1.165) is 0 Å². The molecule has 0 saturated heterocycles. The Bertz CT molecular complexity index is 718. The molecule has 10 nitrogen and oxygen atoms in total. The number of nitro benzene ring substituents is 1. The third-order valence-electron chi connectivity index (χ3n) is 1.79. The summed E-state index contributed by atoms with van der Waals surface area (Å²) in [5, 5.41) is 19.7. The van der Waals surface area contributed by atoms with E-state index in [4.69, 9.17) is 14.2 Å². The number of nitrogens with zero attached hydrogens (tertiary/aromatic N) is 1. The minimum Gasteiger partial charge on any atom is -0.502 e. The zero-order chi connectivity index (χ0) is 14.3. The SMILES string of the molecule is O=[N+]([O-])c1c(O)ccc(S(=O)(=O)O)c1S(=O)(=O)O. The fourth-order valence-corrected chi connectivity index (χ4v) is 3.12. The van der Waals surface area contributed by atoms with Gasteiger partial charge in [-0.2, -0.15) is 16.8 Å². The van der Waals surface area contributed by atoms with E-state index in [1.165, 1.54) is 0 Å². The molecule has 0 unspecified atom stereocenters. The molecule has 0 heterocycles. The molecule has 0 radical (unpaired) electrons. The van der Waals surface area contributed by atoms with Crippen LogP contribution in [0.1, 0.15) is 0 Å². The van der Waals surface area contributed by atoms with E-state index < -0.39 is 46.4 Å². The molecule has 0 atom stereocenters. The molecule has 1 rings (SSSR count). The van der Waals surface area contributed by atoms with Crippen molar-refractivity contribution in [1.29, 1.82) is 0 Å². The van der Waals surface area contributed by atoms with Crippen LogP contribution in [0.2, 0.25) is 0 Å². The van der Waals surface area contributed by atoms with Gasteiger partial charge in [0.15, 0.2) is 10.6 Å². The summed E-state index contributed by atoms with van der Waals surface area (Å²) in [4.78, 5) is 6.05. The molecular weight excluding hydrogens is 294 g/mol. The first kappa shape index (κ1) is 14.3. The van der Waals surface area contributed by atoms with Crippen molar-refractivity contribution in [3.63, 3.8) is 0 Å². The van der Waals surface area contributed by atoms with E-state index in [0.29, 0.717) is 12.1 Å². The van der Waals surface area contributed by atoms with Gasteiger partial charge >= 0.3 is 15.8 Å². The summed E-state index contributed by atoms with van der Waals surface area (Å²) in [5.74, 6) is -1.18. The predicted molar refractivity (Wildman–Crippen MR) is 54.4 cm³/mol. The van der Waals surface area contributed by atoms with E-state index in [1.807, 2.05) is 0 Å². The van der Waals surface area contributed by atoms with Gasteiger partial charge < -0.3 is 5.11 Å². The van der Waals surface area contributed by atoms with Gasteiger partial charge in [0.2, 0.25) is 0 Å². The van der Waals surface area contributed by atoms with Gasteiger partial charge in [0.05, 0.1) is 4.92 Å². The van der Waals surface area contributed by atoms with Gasteiger partial charge in [-0.25, -0.2) is 0 Å². The van der Waals surface area contributed by atoms with Gasteiger partial charge in [0.25, 0.3) is 10.1 Å². The van der Waals surface area contributed by atoms with Crippen LogP contribution in [0, 0.1) is 10.1 Å². The van der Waals surface area contributed by atoms with Crippen molar-refractivity contribution in [2.75, 3.05) is 0 Å². The maximum absolute atomic E-state index is 10.9. The third kappa shape index (κ3) is 2.56. The fraction of sp³-hybridized carbons (Fsp3) is 0. The standard InChI is InChI=1S/C6H5NO9S2/c8-3-1-2-4(17(11,12)13)6(18(14,15)16)5(3)7(9)10/h1-2,8H,(H,11,12,13)(H,14,15,16). The van der Waals surface area contributed by atoms with Crippen LogP contribution in [0.5, 0.6) is 5.75 Å². The Morgan fingerprint density at radius 2 is 1.56 bits per heavy atom. The minimum absolute atomic E-state index is 0.404. The molecule has 1 aromatic rings. The lowest BCUT2D eigenvalue weighted by atomic mass is 10.3. The number of hydrogen-bond donors (Lipinski definition) is 3. The van der Waals surface area contributed by atoms with E-state index in [-0.39, 0.29) is 0 Å². The third-order valence-corrected chi connectivity index (χ3v) is 3.75. The molecule has 0 aliphatic rings. The van der Waals surface area contributed by atoms with Gasteiger partial charge in [-0.05, 0) is 12.1 Å². The lowest BCUT2D eigenvalue weighted by Gasteiger charge is -2.06. The highest BCUT2D eigenvalue weighted by Crippen LogP contribution is 2.37. The van der Waals surface area contributed by atoms with Crippen molar-refractivity contribution in [3.05, 3.63) is 22.2 Å². The van der Waals surface area contributed by atoms with Crippen LogP contribution < -0.4 is 0 Å². The smallest absolute Gasteiger partial charge is 0.333 e. The van der Waals surface area contributed by atoms with E-state index in [1.54, 1.807) is 0 Å². The molecular formula is C6H5NO9S2. The molecule has 100 valence electrons. The zero-order valence-electron chi connectivity index (χ0n) is 8.21. The van der Waals surface area contributed by atoms with E-state index >= 15 is 0 Å². The Labute approximate surface area is 100 Å². The molecule has 0 saturated carbocycles. The van der Waals surface area contributed by atoms with Crippen molar-refractivity contribution in [2.24, 2.45) is 0 Å². The van der Waals surface area contributed by atoms with Crippen molar-refractivity contribution in [2.45, 2.75) is 9.79 Å². The van der Waals surface area contributed by atoms with Crippen LogP contribution in [-0.2, 0) is 20.2 Å².